The Morgan fingerprint density at radius 2 is 1.57 bits per heavy atom. The quantitative estimate of drug-likeness (QED) is 0.300. The first kappa shape index (κ1) is 25.6. The summed E-state index contributed by atoms with van der Waals surface area (Å²) in [6.07, 6.45) is 0. The third-order valence-corrected chi connectivity index (χ3v) is 3.77. The van der Waals surface area contributed by atoms with Crippen molar-refractivity contribution in [3.63, 3.8) is 0 Å². The predicted molar refractivity (Wildman–Crippen MR) is 96.2 cm³/mol. The van der Waals surface area contributed by atoms with Gasteiger partial charge in [-0.15, -0.1) is 34.5 Å². The maximum Gasteiger partial charge on any atom is -0.0232 e. The average molecular weight is 507 g/mol. The molecule has 23 heavy (non-hydrogen) atoms. The fourth-order valence-corrected chi connectivity index (χ4v) is 2.30. The van der Waals surface area contributed by atoms with Crippen molar-refractivity contribution in [3.05, 3.63) is 70.2 Å². The molecule has 0 atom stereocenters. The van der Waals surface area contributed by atoms with Crippen molar-refractivity contribution in [2.45, 2.75) is 26.9 Å². The molecule has 3 rings (SSSR count). The SMILES string of the molecule is C[Si](C)=[Zr+2].Cc1cc2c(Br)c(C)ccc2[cH-]1.[Cl-].[Cl-].c1cc[cH-]c1. The summed E-state index contributed by atoms with van der Waals surface area (Å²) in [6.45, 7) is 8.86. The third-order valence-electron chi connectivity index (χ3n) is 2.72. The van der Waals surface area contributed by atoms with Crippen LogP contribution in [0.2, 0.25) is 13.1 Å². The van der Waals surface area contributed by atoms with E-state index in [1.54, 1.807) is 23.3 Å². The fourth-order valence-electron chi connectivity index (χ4n) is 1.82. The molecule has 5 heteroatoms. The van der Waals surface area contributed by atoms with Crippen LogP contribution in [-0.2, 0) is 23.3 Å². The van der Waals surface area contributed by atoms with Crippen LogP contribution in [0.4, 0.5) is 0 Å². The van der Waals surface area contributed by atoms with Crippen molar-refractivity contribution >= 4 is 32.1 Å². The van der Waals surface area contributed by atoms with E-state index in [1.807, 2.05) is 30.3 Å². The molecule has 0 saturated heterocycles. The molecule has 0 heterocycles. The molecular weight excluding hydrogens is 486 g/mol. The van der Waals surface area contributed by atoms with E-state index < -0.39 is 0 Å². The number of hydrogen-bond acceptors (Lipinski definition) is 0. The second-order valence-electron chi connectivity index (χ2n) is 5.19. The standard InChI is InChI=1S/C11H10Br.C5H5.C2H6Si.2ClH.Zr/c1-7-5-9-4-3-8(2)11(12)10(9)6-7;1-2-4-5-3-1;1-3-2;;;/h3-6H,1-2H3;1-5H;1-2H3;2*1H;/q2*-1;;;;+2/p-2. The second kappa shape index (κ2) is 13.6. The molecule has 0 spiro atoms. The van der Waals surface area contributed by atoms with Crippen LogP contribution in [0.15, 0.2) is 59.1 Å². The first-order valence-corrected chi connectivity index (χ1v) is 13.9. The van der Waals surface area contributed by atoms with E-state index in [4.69, 9.17) is 0 Å². The van der Waals surface area contributed by atoms with Crippen molar-refractivity contribution in [2.24, 2.45) is 0 Å². The van der Waals surface area contributed by atoms with Gasteiger partial charge in [-0.25, -0.2) is 12.1 Å². The first-order chi connectivity index (χ1) is 9.91. The van der Waals surface area contributed by atoms with Crippen LogP contribution in [0, 0.1) is 13.8 Å². The molecule has 0 aromatic heterocycles. The first-order valence-electron chi connectivity index (χ1n) is 6.92. The van der Waals surface area contributed by atoms with Crippen LogP contribution in [0.5, 0.6) is 0 Å². The maximum absolute atomic E-state index is 3.59. The summed E-state index contributed by atoms with van der Waals surface area (Å²) in [5, 5.41) is 2.65. The van der Waals surface area contributed by atoms with Crippen LogP contribution in [0.3, 0.4) is 0 Å². The van der Waals surface area contributed by atoms with Crippen molar-refractivity contribution in [3.8, 4) is 0 Å². The molecule has 0 saturated carbocycles. The molecule has 0 aliphatic rings. The second-order valence-corrected chi connectivity index (χ2v) is 15.4. The van der Waals surface area contributed by atoms with E-state index in [0.29, 0.717) is 0 Å². The number of fused-ring (bicyclic) bond motifs is 1. The molecule has 0 amide bonds. The summed E-state index contributed by atoms with van der Waals surface area (Å²) in [6, 6.07) is 18.7. The van der Waals surface area contributed by atoms with E-state index in [9.17, 15) is 0 Å². The molecule has 0 N–H and O–H groups in total. The largest absolute Gasteiger partial charge is 1.00 e. The topological polar surface area (TPSA) is 0 Å². The van der Waals surface area contributed by atoms with Crippen LogP contribution in [0.1, 0.15) is 11.1 Å². The molecule has 124 valence electrons. The molecule has 0 fully saturated rings. The molecule has 3 aromatic rings. The van der Waals surface area contributed by atoms with Crippen molar-refractivity contribution < 1.29 is 48.1 Å². The molecule has 0 aliphatic heterocycles. The van der Waals surface area contributed by atoms with Gasteiger partial charge in [0, 0.05) is 0 Å². The Morgan fingerprint density at radius 1 is 1.04 bits per heavy atom. The molecule has 3 aromatic carbocycles. The molecule has 0 bridgehead atoms. The van der Waals surface area contributed by atoms with Crippen molar-refractivity contribution in [2.75, 3.05) is 0 Å². The Morgan fingerprint density at radius 3 is 2.00 bits per heavy atom. The van der Waals surface area contributed by atoms with E-state index in [2.05, 4.69) is 67.1 Å². The van der Waals surface area contributed by atoms with E-state index in [-0.39, 0.29) is 30.2 Å². The summed E-state index contributed by atoms with van der Waals surface area (Å²) in [4.78, 5) is 0. The van der Waals surface area contributed by atoms with Gasteiger partial charge in [-0.1, -0.05) is 28.4 Å². The van der Waals surface area contributed by atoms with Gasteiger partial charge in [-0.2, -0.15) is 24.3 Å². The predicted octanol–water partition coefficient (Wildman–Crippen LogP) is 0.136. The summed E-state index contributed by atoms with van der Waals surface area (Å²) < 4.78 is 1.23. The Labute approximate surface area is 176 Å². The molecule has 0 radical (unpaired) electrons. The summed E-state index contributed by atoms with van der Waals surface area (Å²) in [5.41, 5.74) is 2.84. The molecule has 0 aliphatic carbocycles. The van der Waals surface area contributed by atoms with Gasteiger partial charge >= 0.3 is 41.9 Å². The van der Waals surface area contributed by atoms with Crippen LogP contribution in [0.25, 0.3) is 10.8 Å². The van der Waals surface area contributed by atoms with Gasteiger partial charge in [0.05, 0.1) is 0 Å². The summed E-state index contributed by atoms with van der Waals surface area (Å²) in [5.74, 6) is 0. The summed E-state index contributed by atoms with van der Waals surface area (Å²) in [7, 11) is 0. The van der Waals surface area contributed by atoms with Crippen molar-refractivity contribution in [1.29, 1.82) is 0 Å². The van der Waals surface area contributed by atoms with Gasteiger partial charge in [-0.3, -0.25) is 0 Å². The Balaban J connectivity index is 0. The molecular formula is C18H21BrCl2SiZr-2. The van der Waals surface area contributed by atoms with Gasteiger partial charge in [0.2, 0.25) is 0 Å². The van der Waals surface area contributed by atoms with Crippen LogP contribution in [-0.4, -0.2) is 5.43 Å². The third kappa shape index (κ3) is 10.0. The molecule has 0 nitrogen and oxygen atoms in total. The monoisotopic (exact) mass is 504 g/mol. The van der Waals surface area contributed by atoms with Gasteiger partial charge in [0.25, 0.3) is 0 Å². The normalized spacial score (nSPS) is 8.65. The van der Waals surface area contributed by atoms with Crippen LogP contribution >= 0.6 is 15.9 Å². The van der Waals surface area contributed by atoms with Gasteiger partial charge in [-0.05, 0) is 11.4 Å². The van der Waals surface area contributed by atoms with E-state index >= 15 is 0 Å². The number of hydrogen-bond donors (Lipinski definition) is 0. The summed E-state index contributed by atoms with van der Waals surface area (Å²) >= 11 is 5.33. The van der Waals surface area contributed by atoms with Gasteiger partial charge < -0.3 is 24.8 Å². The Kier molecular flexibility index (Phi) is 15.1. The Hall–Kier alpha value is 0.340. The van der Waals surface area contributed by atoms with E-state index in [1.165, 1.54) is 26.4 Å². The van der Waals surface area contributed by atoms with E-state index in [0.717, 1.165) is 0 Å². The minimum atomic E-state index is 0. The zero-order valence-corrected chi connectivity index (χ0v) is 20.4. The minimum absolute atomic E-state index is 0. The Bertz CT molecular complexity index is 669. The zero-order chi connectivity index (χ0) is 15.8. The fraction of sp³-hybridized carbons (Fsp3) is 0.222. The van der Waals surface area contributed by atoms with Gasteiger partial charge in [0.15, 0.2) is 0 Å². The average Bonchev–Trinajstić information content (AvgIpc) is 3.05. The number of benzene rings is 1. The van der Waals surface area contributed by atoms with Crippen LogP contribution < -0.4 is 24.8 Å². The van der Waals surface area contributed by atoms with Gasteiger partial charge in [0.1, 0.15) is 0 Å². The molecule has 0 unspecified atom stereocenters. The number of halogens is 3. The zero-order valence-electron chi connectivity index (χ0n) is 13.8. The smallest absolute Gasteiger partial charge is 0.0232 e. The maximum atomic E-state index is 3.59. The minimum Gasteiger partial charge on any atom is -1.00 e. The number of rotatable bonds is 0. The van der Waals surface area contributed by atoms with Crippen molar-refractivity contribution in [1.82, 2.24) is 0 Å². The number of aryl methyl sites for hydroxylation is 2.